The van der Waals surface area contributed by atoms with E-state index in [1.165, 1.54) is 0 Å². The summed E-state index contributed by atoms with van der Waals surface area (Å²) < 4.78 is 39.6. The summed E-state index contributed by atoms with van der Waals surface area (Å²) in [6.45, 7) is 2.86. The van der Waals surface area contributed by atoms with E-state index < -0.39 is 22.6 Å². The first-order valence-electron chi connectivity index (χ1n) is 7.64. The van der Waals surface area contributed by atoms with Crippen LogP contribution in [-0.4, -0.2) is 60.5 Å². The van der Waals surface area contributed by atoms with Gasteiger partial charge in [0.1, 0.15) is 0 Å². The number of halogens is 3. The van der Waals surface area contributed by atoms with Crippen molar-refractivity contribution in [3.63, 3.8) is 0 Å². The molecule has 0 unspecified atom stereocenters. The van der Waals surface area contributed by atoms with Crippen molar-refractivity contribution in [2.24, 2.45) is 10.8 Å². The number of piperidine rings is 2. The zero-order chi connectivity index (χ0) is 16.2. The van der Waals surface area contributed by atoms with Crippen molar-refractivity contribution in [3.8, 4) is 0 Å². The molecule has 3 N–H and O–H groups in total. The molecule has 2 atom stereocenters. The molecule has 0 aromatic carbocycles. The molecule has 2 heterocycles. The largest absolute Gasteiger partial charge is 0.396 e. The summed E-state index contributed by atoms with van der Waals surface area (Å²) in [6.07, 6.45) is -3.17. The van der Waals surface area contributed by atoms with Crippen LogP contribution in [0.4, 0.5) is 18.0 Å². The normalized spacial score (nSPS) is 36.9. The Hall–Kier alpha value is -1.02. The lowest BCUT2D eigenvalue weighted by molar-refractivity contribution is -0.190. The van der Waals surface area contributed by atoms with Crippen molar-refractivity contribution >= 4 is 6.03 Å². The molecule has 3 rings (SSSR count). The Morgan fingerprint density at radius 2 is 1.95 bits per heavy atom. The second kappa shape index (κ2) is 4.74. The van der Waals surface area contributed by atoms with E-state index in [9.17, 15) is 23.1 Å². The summed E-state index contributed by atoms with van der Waals surface area (Å²) in [5, 5.41) is 15.3. The molecule has 0 aromatic rings. The van der Waals surface area contributed by atoms with E-state index in [0.717, 1.165) is 0 Å². The van der Waals surface area contributed by atoms with Gasteiger partial charge in [-0.2, -0.15) is 13.2 Å². The van der Waals surface area contributed by atoms with Crippen molar-refractivity contribution in [3.05, 3.63) is 0 Å². The first-order chi connectivity index (χ1) is 10.1. The lowest BCUT2D eigenvalue weighted by Crippen LogP contribution is -2.50. The van der Waals surface area contributed by atoms with Crippen LogP contribution in [0.1, 0.15) is 26.2 Å². The minimum Gasteiger partial charge on any atom is -0.390 e. The molecule has 2 aliphatic heterocycles. The SMILES string of the molecule is CC1(O)CCN(C(=O)NC[C@@]23CNC[C@]2(C(F)(F)F)C3)CC1. The van der Waals surface area contributed by atoms with Gasteiger partial charge in [0, 0.05) is 38.1 Å². The summed E-state index contributed by atoms with van der Waals surface area (Å²) in [4.78, 5) is 13.7. The maximum Gasteiger partial charge on any atom is 0.396 e. The second-order valence-electron chi connectivity index (χ2n) is 7.28. The highest BCUT2D eigenvalue weighted by Crippen LogP contribution is 2.72. The van der Waals surface area contributed by atoms with Gasteiger partial charge in [-0.25, -0.2) is 4.79 Å². The van der Waals surface area contributed by atoms with Crippen molar-refractivity contribution in [2.45, 2.75) is 38.0 Å². The number of amides is 2. The van der Waals surface area contributed by atoms with Crippen LogP contribution in [0, 0.1) is 10.8 Å². The number of likely N-dealkylation sites (tertiary alicyclic amines) is 1. The molecule has 2 amide bonds. The molecule has 8 heteroatoms. The van der Waals surface area contributed by atoms with Crippen LogP contribution in [0.15, 0.2) is 0 Å². The van der Waals surface area contributed by atoms with Crippen LogP contribution in [0.25, 0.3) is 0 Å². The van der Waals surface area contributed by atoms with Gasteiger partial charge in [-0.3, -0.25) is 0 Å². The molecule has 2 saturated heterocycles. The number of hydrogen-bond donors (Lipinski definition) is 3. The van der Waals surface area contributed by atoms with Gasteiger partial charge in [0.2, 0.25) is 0 Å². The summed E-state index contributed by atoms with van der Waals surface area (Å²) in [7, 11) is 0. The summed E-state index contributed by atoms with van der Waals surface area (Å²) in [5.41, 5.74) is -3.31. The Labute approximate surface area is 127 Å². The van der Waals surface area contributed by atoms with Crippen LogP contribution in [0.2, 0.25) is 0 Å². The van der Waals surface area contributed by atoms with E-state index >= 15 is 0 Å². The van der Waals surface area contributed by atoms with E-state index in [1.807, 2.05) is 0 Å². The predicted molar refractivity (Wildman–Crippen MR) is 73.2 cm³/mol. The van der Waals surface area contributed by atoms with Crippen molar-refractivity contribution in [1.29, 1.82) is 0 Å². The maximum absolute atomic E-state index is 13.2. The standard InChI is InChI=1S/C14H22F3N3O2/c1-11(22)2-4-20(5-3-11)10(21)19-8-12-6-13(12,9-18-7-12)14(15,16)17/h18,22H,2-9H2,1H3,(H,19,21)/t12-,13-/m1/s1. The third-order valence-electron chi connectivity index (χ3n) is 5.67. The van der Waals surface area contributed by atoms with Gasteiger partial charge in [0.15, 0.2) is 0 Å². The fourth-order valence-corrected chi connectivity index (χ4v) is 3.87. The number of rotatable bonds is 2. The number of aliphatic hydroxyl groups is 1. The van der Waals surface area contributed by atoms with Gasteiger partial charge < -0.3 is 20.6 Å². The maximum atomic E-state index is 13.2. The topological polar surface area (TPSA) is 64.6 Å². The Morgan fingerprint density at radius 1 is 1.32 bits per heavy atom. The highest BCUT2D eigenvalue weighted by molar-refractivity contribution is 5.74. The summed E-state index contributed by atoms with van der Waals surface area (Å²) in [5.74, 6) is 0. The zero-order valence-corrected chi connectivity index (χ0v) is 12.6. The van der Waals surface area contributed by atoms with Gasteiger partial charge in [-0.15, -0.1) is 0 Å². The van der Waals surface area contributed by atoms with E-state index in [2.05, 4.69) is 10.6 Å². The molecule has 1 aliphatic carbocycles. The van der Waals surface area contributed by atoms with Crippen LogP contribution in [0.5, 0.6) is 0 Å². The Balaban J connectivity index is 1.55. The smallest absolute Gasteiger partial charge is 0.390 e. The van der Waals surface area contributed by atoms with Crippen LogP contribution < -0.4 is 10.6 Å². The number of nitrogens with zero attached hydrogens (tertiary/aromatic N) is 1. The molecular weight excluding hydrogens is 299 g/mol. The lowest BCUT2D eigenvalue weighted by Gasteiger charge is -2.36. The van der Waals surface area contributed by atoms with Crippen molar-refractivity contribution in [2.75, 3.05) is 32.7 Å². The van der Waals surface area contributed by atoms with Gasteiger partial charge in [-0.1, -0.05) is 0 Å². The number of carbonyl (C=O) groups excluding carboxylic acids is 1. The quantitative estimate of drug-likeness (QED) is 0.713. The van der Waals surface area contributed by atoms with Crippen LogP contribution >= 0.6 is 0 Å². The third-order valence-corrected chi connectivity index (χ3v) is 5.67. The van der Waals surface area contributed by atoms with Crippen molar-refractivity contribution in [1.82, 2.24) is 15.5 Å². The molecule has 3 fully saturated rings. The van der Waals surface area contributed by atoms with E-state index in [-0.39, 0.29) is 25.5 Å². The molecular formula is C14H22F3N3O2. The monoisotopic (exact) mass is 321 g/mol. The molecule has 126 valence electrons. The molecule has 0 radical (unpaired) electrons. The number of urea groups is 1. The zero-order valence-electron chi connectivity index (χ0n) is 12.6. The molecule has 0 bridgehead atoms. The minimum absolute atomic E-state index is 0.0469. The molecule has 0 aromatic heterocycles. The molecule has 22 heavy (non-hydrogen) atoms. The number of alkyl halides is 3. The van der Waals surface area contributed by atoms with E-state index in [0.29, 0.717) is 32.5 Å². The number of nitrogens with one attached hydrogen (secondary N) is 2. The number of hydrogen-bond acceptors (Lipinski definition) is 3. The van der Waals surface area contributed by atoms with Gasteiger partial charge in [0.25, 0.3) is 0 Å². The van der Waals surface area contributed by atoms with Crippen LogP contribution in [-0.2, 0) is 0 Å². The fourth-order valence-electron chi connectivity index (χ4n) is 3.87. The highest BCUT2D eigenvalue weighted by Gasteiger charge is 2.81. The minimum atomic E-state index is -4.23. The summed E-state index contributed by atoms with van der Waals surface area (Å²) in [6, 6.07) is -0.334. The number of carbonyl (C=O) groups is 1. The Bertz CT molecular complexity index is 472. The van der Waals surface area contributed by atoms with Crippen molar-refractivity contribution < 1.29 is 23.1 Å². The number of fused-ring (bicyclic) bond motifs is 1. The molecule has 0 spiro atoms. The summed E-state index contributed by atoms with van der Waals surface area (Å²) >= 11 is 0. The first kappa shape index (κ1) is 15.9. The molecule has 5 nitrogen and oxygen atoms in total. The predicted octanol–water partition coefficient (Wildman–Crippen LogP) is 1.08. The van der Waals surface area contributed by atoms with E-state index in [4.69, 9.17) is 0 Å². The van der Waals surface area contributed by atoms with Gasteiger partial charge in [0.05, 0.1) is 11.0 Å². The van der Waals surface area contributed by atoms with E-state index in [1.54, 1.807) is 11.8 Å². The second-order valence-corrected chi connectivity index (χ2v) is 7.28. The van der Waals surface area contributed by atoms with Crippen LogP contribution in [0.3, 0.4) is 0 Å². The average Bonchev–Trinajstić information content (AvgIpc) is 2.93. The average molecular weight is 321 g/mol. The Morgan fingerprint density at radius 3 is 2.50 bits per heavy atom. The lowest BCUT2D eigenvalue weighted by atomic mass is 9.94. The third kappa shape index (κ3) is 2.36. The molecule has 1 saturated carbocycles. The highest BCUT2D eigenvalue weighted by atomic mass is 19.4. The van der Waals surface area contributed by atoms with Gasteiger partial charge in [-0.05, 0) is 26.2 Å². The molecule has 3 aliphatic rings. The van der Waals surface area contributed by atoms with Gasteiger partial charge >= 0.3 is 12.2 Å². The Kier molecular flexibility index (Phi) is 3.41. The first-order valence-corrected chi connectivity index (χ1v) is 7.64. The fraction of sp³-hybridized carbons (Fsp3) is 0.929.